The Labute approximate surface area is 163 Å². The monoisotopic (exact) mass is 373 g/mol. The first kappa shape index (κ1) is 20.2. The number of ketones is 1. The third-order valence-electron chi connectivity index (χ3n) is 7.50. The first-order valence-corrected chi connectivity index (χ1v) is 10.2. The Bertz CT molecular complexity index is 677. The molecule has 0 saturated heterocycles. The van der Waals surface area contributed by atoms with Crippen molar-refractivity contribution >= 4 is 5.78 Å². The number of carbonyl (C=O) groups excluding carboxylic acids is 1. The molecule has 0 aromatic heterocycles. The summed E-state index contributed by atoms with van der Waals surface area (Å²) in [6.45, 7) is 7.77. The molecule has 2 aliphatic rings. The summed E-state index contributed by atoms with van der Waals surface area (Å²) in [4.78, 5) is 13.7. The Morgan fingerprint density at radius 1 is 1.07 bits per heavy atom. The highest BCUT2D eigenvalue weighted by Crippen LogP contribution is 2.61. The van der Waals surface area contributed by atoms with Crippen LogP contribution in [-0.4, -0.2) is 26.5 Å². The van der Waals surface area contributed by atoms with Gasteiger partial charge in [0, 0.05) is 17.5 Å². The normalized spacial score (nSPS) is 32.4. The molecule has 2 aliphatic carbocycles. The lowest BCUT2D eigenvalue weighted by Crippen LogP contribution is -2.53. The number of ether oxygens (including phenoxy) is 2. The van der Waals surface area contributed by atoms with E-state index in [-0.39, 0.29) is 22.5 Å². The van der Waals surface area contributed by atoms with Gasteiger partial charge in [-0.2, -0.15) is 0 Å². The highest BCUT2D eigenvalue weighted by molar-refractivity contribution is 5.99. The Hall–Kier alpha value is -1.55. The van der Waals surface area contributed by atoms with Crippen LogP contribution >= 0.6 is 0 Å². The van der Waals surface area contributed by atoms with E-state index in [2.05, 4.69) is 20.8 Å². The molecule has 150 valence electrons. The van der Waals surface area contributed by atoms with Crippen LogP contribution in [0.1, 0.15) is 63.2 Å². The summed E-state index contributed by atoms with van der Waals surface area (Å²) in [6.07, 6.45) is 5.58. The Kier molecular flexibility index (Phi) is 5.58. The summed E-state index contributed by atoms with van der Waals surface area (Å²) in [6, 6.07) is 5.51. The second-order valence-electron chi connectivity index (χ2n) is 9.49. The summed E-state index contributed by atoms with van der Waals surface area (Å²) in [5, 5.41) is 0. The molecule has 0 bridgehead atoms. The van der Waals surface area contributed by atoms with Crippen molar-refractivity contribution in [1.82, 2.24) is 0 Å². The van der Waals surface area contributed by atoms with Gasteiger partial charge in [0.1, 0.15) is 11.5 Å². The molecular formula is C23H35NO3. The van der Waals surface area contributed by atoms with E-state index in [0.29, 0.717) is 35.4 Å². The van der Waals surface area contributed by atoms with Gasteiger partial charge < -0.3 is 15.2 Å². The average molecular weight is 374 g/mol. The SMILES string of the molecule is COc1cc(OC)cc(C(=O)C2CC(CN)CC3C(C)(C)CCCC23C)c1. The zero-order valence-corrected chi connectivity index (χ0v) is 17.5. The Balaban J connectivity index is 2.01. The van der Waals surface area contributed by atoms with Gasteiger partial charge in [-0.15, -0.1) is 0 Å². The number of fused-ring (bicyclic) bond motifs is 1. The van der Waals surface area contributed by atoms with E-state index in [0.717, 1.165) is 19.3 Å². The average Bonchev–Trinajstić information content (AvgIpc) is 2.66. The molecule has 4 atom stereocenters. The first-order chi connectivity index (χ1) is 12.7. The number of rotatable bonds is 5. The molecule has 0 heterocycles. The van der Waals surface area contributed by atoms with Crippen LogP contribution in [0.2, 0.25) is 0 Å². The van der Waals surface area contributed by atoms with Crippen LogP contribution in [-0.2, 0) is 0 Å². The topological polar surface area (TPSA) is 61.5 Å². The van der Waals surface area contributed by atoms with Gasteiger partial charge in [-0.1, -0.05) is 27.2 Å². The standard InChI is InChI=1S/C23H35NO3/c1-22(2)7-6-8-23(3)19(9-15(14-24)10-20(22)23)21(25)16-11-17(26-4)13-18(12-16)27-5/h11-13,15,19-20H,6-10,14,24H2,1-5H3. The van der Waals surface area contributed by atoms with Gasteiger partial charge >= 0.3 is 0 Å². The van der Waals surface area contributed by atoms with E-state index < -0.39 is 0 Å². The lowest BCUT2D eigenvalue weighted by Gasteiger charge is -2.58. The predicted molar refractivity (Wildman–Crippen MR) is 108 cm³/mol. The quantitative estimate of drug-likeness (QED) is 0.760. The maximum atomic E-state index is 13.7. The van der Waals surface area contributed by atoms with E-state index in [1.165, 1.54) is 12.8 Å². The van der Waals surface area contributed by atoms with Crippen LogP contribution in [0.15, 0.2) is 18.2 Å². The zero-order valence-electron chi connectivity index (χ0n) is 17.5. The van der Waals surface area contributed by atoms with E-state index in [4.69, 9.17) is 15.2 Å². The molecule has 0 amide bonds. The van der Waals surface area contributed by atoms with Crippen molar-refractivity contribution in [2.24, 2.45) is 34.3 Å². The zero-order chi connectivity index (χ0) is 19.8. The third kappa shape index (κ3) is 3.61. The van der Waals surface area contributed by atoms with Crippen LogP contribution < -0.4 is 15.2 Å². The van der Waals surface area contributed by atoms with Crippen LogP contribution in [0.3, 0.4) is 0 Å². The summed E-state index contributed by atoms with van der Waals surface area (Å²) < 4.78 is 10.8. The number of benzene rings is 1. The Morgan fingerprint density at radius 2 is 1.70 bits per heavy atom. The molecule has 4 unspecified atom stereocenters. The smallest absolute Gasteiger partial charge is 0.166 e. The maximum absolute atomic E-state index is 13.7. The molecular weight excluding hydrogens is 338 g/mol. The molecule has 1 aromatic carbocycles. The van der Waals surface area contributed by atoms with Gasteiger partial charge in [-0.25, -0.2) is 0 Å². The number of carbonyl (C=O) groups is 1. The van der Waals surface area contributed by atoms with E-state index in [1.54, 1.807) is 14.2 Å². The molecule has 4 heteroatoms. The second kappa shape index (κ2) is 7.46. The van der Waals surface area contributed by atoms with Crippen molar-refractivity contribution in [2.75, 3.05) is 20.8 Å². The third-order valence-corrected chi connectivity index (χ3v) is 7.50. The van der Waals surface area contributed by atoms with Gasteiger partial charge in [0.25, 0.3) is 0 Å². The van der Waals surface area contributed by atoms with Crippen molar-refractivity contribution in [2.45, 2.75) is 52.9 Å². The van der Waals surface area contributed by atoms with Crippen molar-refractivity contribution in [1.29, 1.82) is 0 Å². The molecule has 1 aromatic rings. The van der Waals surface area contributed by atoms with Crippen molar-refractivity contribution < 1.29 is 14.3 Å². The van der Waals surface area contributed by atoms with Crippen molar-refractivity contribution in [3.8, 4) is 11.5 Å². The van der Waals surface area contributed by atoms with Crippen LogP contribution in [0.5, 0.6) is 11.5 Å². The van der Waals surface area contributed by atoms with Crippen LogP contribution in [0.25, 0.3) is 0 Å². The molecule has 2 saturated carbocycles. The van der Waals surface area contributed by atoms with Crippen molar-refractivity contribution in [3.05, 3.63) is 23.8 Å². The van der Waals surface area contributed by atoms with Gasteiger partial charge in [0.15, 0.2) is 5.78 Å². The van der Waals surface area contributed by atoms with Gasteiger partial charge in [-0.05, 0) is 67.0 Å². The summed E-state index contributed by atoms with van der Waals surface area (Å²) in [5.41, 5.74) is 7.07. The minimum Gasteiger partial charge on any atom is -0.497 e. The molecule has 4 nitrogen and oxygen atoms in total. The van der Waals surface area contributed by atoms with E-state index in [1.807, 2.05) is 18.2 Å². The molecule has 0 aliphatic heterocycles. The number of hydrogen-bond acceptors (Lipinski definition) is 4. The molecule has 2 fully saturated rings. The fraction of sp³-hybridized carbons (Fsp3) is 0.696. The first-order valence-electron chi connectivity index (χ1n) is 10.2. The fourth-order valence-electron chi connectivity index (χ4n) is 5.95. The predicted octanol–water partition coefficient (Wildman–Crippen LogP) is 4.70. The summed E-state index contributed by atoms with van der Waals surface area (Å²) in [5.74, 6) is 2.49. The Morgan fingerprint density at radius 3 is 2.26 bits per heavy atom. The lowest BCUT2D eigenvalue weighted by atomic mass is 9.46. The van der Waals surface area contributed by atoms with E-state index >= 15 is 0 Å². The van der Waals surface area contributed by atoms with Crippen LogP contribution in [0, 0.1) is 28.6 Å². The van der Waals surface area contributed by atoms with Gasteiger partial charge in [0.05, 0.1) is 14.2 Å². The fourth-order valence-corrected chi connectivity index (χ4v) is 5.95. The van der Waals surface area contributed by atoms with Crippen LogP contribution in [0.4, 0.5) is 0 Å². The molecule has 2 N–H and O–H groups in total. The maximum Gasteiger partial charge on any atom is 0.166 e. The molecule has 0 radical (unpaired) electrons. The lowest BCUT2D eigenvalue weighted by molar-refractivity contribution is -0.0772. The number of methoxy groups -OCH3 is 2. The summed E-state index contributed by atoms with van der Waals surface area (Å²) in [7, 11) is 3.24. The number of Topliss-reactive ketones (excluding diaryl/α,β-unsaturated/α-hetero) is 1. The minimum absolute atomic E-state index is 0.00110. The highest BCUT2D eigenvalue weighted by Gasteiger charge is 2.55. The molecule has 3 rings (SSSR count). The minimum atomic E-state index is 0.00110. The van der Waals surface area contributed by atoms with Gasteiger partial charge in [0.2, 0.25) is 0 Å². The largest absolute Gasteiger partial charge is 0.497 e. The molecule has 27 heavy (non-hydrogen) atoms. The van der Waals surface area contributed by atoms with Crippen molar-refractivity contribution in [3.63, 3.8) is 0 Å². The molecule has 0 spiro atoms. The van der Waals surface area contributed by atoms with Gasteiger partial charge in [-0.3, -0.25) is 4.79 Å². The van der Waals surface area contributed by atoms with E-state index in [9.17, 15) is 4.79 Å². The number of hydrogen-bond donors (Lipinski definition) is 1. The second-order valence-corrected chi connectivity index (χ2v) is 9.49. The number of nitrogens with two attached hydrogens (primary N) is 1. The summed E-state index contributed by atoms with van der Waals surface area (Å²) >= 11 is 0. The highest BCUT2D eigenvalue weighted by atomic mass is 16.5.